The van der Waals surface area contributed by atoms with Crippen LogP contribution in [0.25, 0.3) is 0 Å². The van der Waals surface area contributed by atoms with E-state index >= 15 is 0 Å². The fourth-order valence-electron chi connectivity index (χ4n) is 4.32. The lowest BCUT2D eigenvalue weighted by Crippen LogP contribution is -2.44. The standard InChI is InChI=1S/C22H30N2O4/c25-21(14-16-8-4-3-5-9-16)24-23-15-18-17(19-12-13-20(18)28-19)10-6-1-2-7-11-22(26)27/h1,3-6,8-9,17-20,23H,2,7,10-15H2,(H,24,25)(H,26,27)/t17-,18-,19-,20+/m1/s1. The monoisotopic (exact) mass is 386 g/mol. The van der Waals surface area contributed by atoms with Crippen molar-refractivity contribution < 1.29 is 19.4 Å². The van der Waals surface area contributed by atoms with E-state index in [1.54, 1.807) is 0 Å². The quantitative estimate of drug-likeness (QED) is 0.309. The lowest BCUT2D eigenvalue weighted by molar-refractivity contribution is -0.137. The highest BCUT2D eigenvalue weighted by Crippen LogP contribution is 2.44. The van der Waals surface area contributed by atoms with Crippen LogP contribution in [0.1, 0.15) is 44.1 Å². The third-order valence-electron chi connectivity index (χ3n) is 5.70. The van der Waals surface area contributed by atoms with Crippen LogP contribution in [0.4, 0.5) is 0 Å². The first kappa shape index (κ1) is 20.6. The van der Waals surface area contributed by atoms with E-state index in [2.05, 4.69) is 23.0 Å². The van der Waals surface area contributed by atoms with Crippen LogP contribution in [0.3, 0.4) is 0 Å². The number of hydrogen-bond donors (Lipinski definition) is 3. The molecule has 2 aliphatic rings. The maximum atomic E-state index is 12.1. The van der Waals surface area contributed by atoms with Gasteiger partial charge in [0.15, 0.2) is 0 Å². The zero-order valence-corrected chi connectivity index (χ0v) is 16.2. The molecule has 0 aliphatic carbocycles. The molecule has 152 valence electrons. The number of carboxylic acids is 1. The molecule has 0 unspecified atom stereocenters. The molecular formula is C22H30N2O4. The smallest absolute Gasteiger partial charge is 0.303 e. The molecule has 2 saturated heterocycles. The number of benzene rings is 1. The molecule has 6 nitrogen and oxygen atoms in total. The number of fused-ring (bicyclic) bond motifs is 2. The van der Waals surface area contributed by atoms with Gasteiger partial charge in [0.25, 0.3) is 0 Å². The van der Waals surface area contributed by atoms with Gasteiger partial charge in [-0.25, -0.2) is 5.43 Å². The summed E-state index contributed by atoms with van der Waals surface area (Å²) in [5.74, 6) is 0.0629. The number of hydrogen-bond acceptors (Lipinski definition) is 4. The first-order chi connectivity index (χ1) is 13.6. The Morgan fingerprint density at radius 2 is 1.86 bits per heavy atom. The van der Waals surface area contributed by atoms with Crippen LogP contribution in [0.5, 0.6) is 0 Å². The molecule has 3 N–H and O–H groups in total. The first-order valence-electron chi connectivity index (χ1n) is 10.2. The van der Waals surface area contributed by atoms with Crippen molar-refractivity contribution in [1.82, 2.24) is 10.9 Å². The summed E-state index contributed by atoms with van der Waals surface area (Å²) in [5, 5.41) is 8.68. The number of allylic oxidation sites excluding steroid dienone is 2. The molecule has 0 spiro atoms. The van der Waals surface area contributed by atoms with Crippen LogP contribution >= 0.6 is 0 Å². The number of amides is 1. The summed E-state index contributed by atoms with van der Waals surface area (Å²) in [6.45, 7) is 0.708. The van der Waals surface area contributed by atoms with Crippen LogP contribution < -0.4 is 10.9 Å². The highest BCUT2D eigenvalue weighted by atomic mass is 16.5. The van der Waals surface area contributed by atoms with Gasteiger partial charge in [0, 0.05) is 18.9 Å². The van der Waals surface area contributed by atoms with Gasteiger partial charge < -0.3 is 9.84 Å². The summed E-state index contributed by atoms with van der Waals surface area (Å²) in [6.07, 6.45) is 10.0. The maximum Gasteiger partial charge on any atom is 0.303 e. The van der Waals surface area contributed by atoms with Gasteiger partial charge in [-0.3, -0.25) is 15.0 Å². The third kappa shape index (κ3) is 5.91. The highest BCUT2D eigenvalue weighted by Gasteiger charge is 2.47. The van der Waals surface area contributed by atoms with E-state index in [0.717, 1.165) is 31.2 Å². The molecule has 3 rings (SSSR count). The molecule has 2 heterocycles. The minimum absolute atomic E-state index is 0.0369. The van der Waals surface area contributed by atoms with E-state index in [4.69, 9.17) is 9.84 Å². The number of rotatable bonds is 11. The van der Waals surface area contributed by atoms with Crippen molar-refractivity contribution >= 4 is 11.9 Å². The second-order valence-corrected chi connectivity index (χ2v) is 7.70. The predicted octanol–water partition coefficient (Wildman–Crippen LogP) is 2.84. The molecule has 6 heteroatoms. The highest BCUT2D eigenvalue weighted by molar-refractivity contribution is 5.78. The van der Waals surface area contributed by atoms with E-state index in [1.165, 1.54) is 0 Å². The normalized spacial score (nSPS) is 26.0. The zero-order chi connectivity index (χ0) is 19.8. The number of aliphatic carboxylic acids is 1. The molecule has 2 fully saturated rings. The first-order valence-corrected chi connectivity index (χ1v) is 10.2. The summed E-state index contributed by atoms with van der Waals surface area (Å²) < 4.78 is 6.10. The van der Waals surface area contributed by atoms with Crippen LogP contribution in [-0.4, -0.2) is 35.7 Å². The van der Waals surface area contributed by atoms with Crippen molar-refractivity contribution in [3.05, 3.63) is 48.0 Å². The Morgan fingerprint density at radius 3 is 2.61 bits per heavy atom. The number of carbonyl (C=O) groups excluding carboxylic acids is 1. The van der Waals surface area contributed by atoms with Crippen LogP contribution in [0.2, 0.25) is 0 Å². The van der Waals surface area contributed by atoms with Crippen molar-refractivity contribution in [3.8, 4) is 0 Å². The molecule has 1 aromatic rings. The van der Waals surface area contributed by atoms with Crippen molar-refractivity contribution in [2.45, 2.75) is 57.2 Å². The Balaban J connectivity index is 1.40. The van der Waals surface area contributed by atoms with E-state index < -0.39 is 5.97 Å². The second kappa shape index (κ2) is 10.4. The van der Waals surface area contributed by atoms with Crippen LogP contribution in [0.15, 0.2) is 42.5 Å². The molecule has 0 saturated carbocycles. The molecule has 28 heavy (non-hydrogen) atoms. The Labute approximate surface area is 166 Å². The Hall–Kier alpha value is -2.18. The number of ether oxygens (including phenoxy) is 1. The van der Waals surface area contributed by atoms with Crippen molar-refractivity contribution in [1.29, 1.82) is 0 Å². The third-order valence-corrected chi connectivity index (χ3v) is 5.70. The molecule has 2 bridgehead atoms. The Morgan fingerprint density at radius 1 is 1.11 bits per heavy atom. The number of hydrazine groups is 1. The Bertz CT molecular complexity index is 676. The summed E-state index contributed by atoms with van der Waals surface area (Å²) in [6, 6.07) is 9.70. The van der Waals surface area contributed by atoms with Crippen molar-refractivity contribution in [2.75, 3.05) is 6.54 Å². The number of carboxylic acid groups (broad SMARTS) is 1. The second-order valence-electron chi connectivity index (χ2n) is 7.70. The van der Waals surface area contributed by atoms with E-state index in [-0.39, 0.29) is 18.4 Å². The summed E-state index contributed by atoms with van der Waals surface area (Å²) in [7, 11) is 0. The van der Waals surface area contributed by atoms with Crippen molar-refractivity contribution in [3.63, 3.8) is 0 Å². The van der Waals surface area contributed by atoms with Crippen molar-refractivity contribution in [2.24, 2.45) is 11.8 Å². The van der Waals surface area contributed by atoms with Gasteiger partial charge in [0.05, 0.1) is 18.6 Å². The molecule has 2 aliphatic heterocycles. The SMILES string of the molecule is O=C(O)CCCC=CC[C@@H]1[C@@H](CNNC(=O)Cc2ccccc2)[C@@H]2CC[C@H]1O2. The summed E-state index contributed by atoms with van der Waals surface area (Å²) in [5.41, 5.74) is 6.93. The molecule has 1 aromatic carbocycles. The van der Waals surface area contributed by atoms with E-state index in [1.807, 2.05) is 30.3 Å². The van der Waals surface area contributed by atoms with Gasteiger partial charge in [0.2, 0.25) is 5.91 Å². The predicted molar refractivity (Wildman–Crippen MR) is 106 cm³/mol. The largest absolute Gasteiger partial charge is 0.481 e. The summed E-state index contributed by atoms with van der Waals surface area (Å²) in [4.78, 5) is 22.6. The topological polar surface area (TPSA) is 87.7 Å². The zero-order valence-electron chi connectivity index (χ0n) is 16.2. The average Bonchev–Trinajstić information content (AvgIpc) is 3.27. The minimum atomic E-state index is -0.740. The molecular weight excluding hydrogens is 356 g/mol. The van der Waals surface area contributed by atoms with Gasteiger partial charge in [-0.15, -0.1) is 0 Å². The summed E-state index contributed by atoms with van der Waals surface area (Å²) >= 11 is 0. The lowest BCUT2D eigenvalue weighted by Gasteiger charge is -2.27. The Kier molecular flexibility index (Phi) is 7.62. The minimum Gasteiger partial charge on any atom is -0.481 e. The molecule has 1 amide bonds. The van der Waals surface area contributed by atoms with E-state index in [9.17, 15) is 9.59 Å². The van der Waals surface area contributed by atoms with Crippen LogP contribution in [-0.2, 0) is 20.7 Å². The molecule has 4 atom stereocenters. The average molecular weight is 386 g/mol. The van der Waals surface area contributed by atoms with Gasteiger partial charge in [0.1, 0.15) is 0 Å². The number of nitrogens with one attached hydrogen (secondary N) is 2. The number of unbranched alkanes of at least 4 members (excludes halogenated alkanes) is 1. The lowest BCUT2D eigenvalue weighted by atomic mass is 9.77. The van der Waals surface area contributed by atoms with Gasteiger partial charge in [-0.2, -0.15) is 0 Å². The maximum absolute atomic E-state index is 12.1. The molecule has 0 aromatic heterocycles. The van der Waals surface area contributed by atoms with Crippen LogP contribution in [0, 0.1) is 11.8 Å². The number of carbonyl (C=O) groups is 2. The van der Waals surface area contributed by atoms with Gasteiger partial charge >= 0.3 is 5.97 Å². The van der Waals surface area contributed by atoms with Gasteiger partial charge in [-0.1, -0.05) is 42.5 Å². The van der Waals surface area contributed by atoms with E-state index in [0.29, 0.717) is 37.3 Å². The van der Waals surface area contributed by atoms with Gasteiger partial charge in [-0.05, 0) is 43.6 Å². The fourth-order valence-corrected chi connectivity index (χ4v) is 4.32. The molecule has 0 radical (unpaired) electrons. The fraction of sp³-hybridized carbons (Fsp3) is 0.545.